The Morgan fingerprint density at radius 1 is 1.06 bits per heavy atom. The van der Waals surface area contributed by atoms with Gasteiger partial charge in [0.05, 0.1) is 25.6 Å². The van der Waals surface area contributed by atoms with Crippen LogP contribution in [-0.2, 0) is 4.79 Å². The van der Waals surface area contributed by atoms with Gasteiger partial charge in [0.15, 0.2) is 0 Å². The summed E-state index contributed by atoms with van der Waals surface area (Å²) in [4.78, 5) is 34.0. The molecule has 0 saturated heterocycles. The number of carbonyl (C=O) groups excluding carboxylic acids is 2. The van der Waals surface area contributed by atoms with Crippen molar-refractivity contribution in [1.29, 1.82) is 0 Å². The van der Waals surface area contributed by atoms with Gasteiger partial charge >= 0.3 is 6.03 Å². The van der Waals surface area contributed by atoms with Gasteiger partial charge < -0.3 is 25.4 Å². The van der Waals surface area contributed by atoms with Crippen LogP contribution in [0, 0.1) is 5.82 Å². The molecule has 3 amide bonds. The number of nitrogens with zero attached hydrogens (tertiary/aromatic N) is 3. The minimum absolute atomic E-state index is 0.0790. The molecule has 188 valence electrons. The molecule has 36 heavy (non-hydrogen) atoms. The first kappa shape index (κ1) is 26.5. The first-order valence-electron chi connectivity index (χ1n) is 10.2. The van der Waals surface area contributed by atoms with E-state index in [9.17, 15) is 14.0 Å². The quantitative estimate of drug-likeness (QED) is 0.327. The monoisotopic (exact) mass is 534 g/mol. The zero-order valence-electron chi connectivity index (χ0n) is 19.4. The van der Waals surface area contributed by atoms with Crippen molar-refractivity contribution in [3.8, 4) is 11.5 Å². The molecule has 3 rings (SSSR count). The van der Waals surface area contributed by atoms with E-state index in [1.807, 2.05) is 0 Å². The molecule has 0 aliphatic carbocycles. The Kier molecular flexibility index (Phi) is 8.51. The van der Waals surface area contributed by atoms with Crippen LogP contribution >= 0.6 is 23.2 Å². The molecule has 2 aromatic carbocycles. The lowest BCUT2D eigenvalue weighted by molar-refractivity contribution is -0.111. The van der Waals surface area contributed by atoms with Crippen LogP contribution in [0.15, 0.2) is 49.3 Å². The van der Waals surface area contributed by atoms with E-state index in [0.717, 1.165) is 6.08 Å². The number of rotatable bonds is 8. The highest BCUT2D eigenvalue weighted by atomic mass is 35.5. The maximum Gasteiger partial charge on any atom is 0.327 e. The number of anilines is 5. The minimum Gasteiger partial charge on any atom is -0.495 e. The molecule has 0 saturated carbocycles. The largest absolute Gasteiger partial charge is 0.495 e. The number of methoxy groups -OCH3 is 2. The van der Waals surface area contributed by atoms with E-state index in [1.165, 1.54) is 56.8 Å². The maximum absolute atomic E-state index is 14.3. The van der Waals surface area contributed by atoms with Crippen molar-refractivity contribution in [3.63, 3.8) is 0 Å². The van der Waals surface area contributed by atoms with E-state index < -0.39 is 17.8 Å². The summed E-state index contributed by atoms with van der Waals surface area (Å²) in [7, 11) is 4.28. The summed E-state index contributed by atoms with van der Waals surface area (Å²) >= 11 is 12.7. The highest BCUT2D eigenvalue weighted by Gasteiger charge is 2.22. The summed E-state index contributed by atoms with van der Waals surface area (Å²) in [5.74, 6) is -0.353. The van der Waals surface area contributed by atoms with E-state index in [-0.39, 0.29) is 50.2 Å². The molecule has 3 aromatic rings. The van der Waals surface area contributed by atoms with E-state index >= 15 is 0 Å². The Morgan fingerprint density at radius 3 is 2.33 bits per heavy atom. The van der Waals surface area contributed by atoms with Crippen LogP contribution < -0.4 is 30.3 Å². The summed E-state index contributed by atoms with van der Waals surface area (Å²) in [6.45, 7) is 3.36. The number of benzene rings is 2. The van der Waals surface area contributed by atoms with E-state index in [4.69, 9.17) is 32.7 Å². The molecule has 0 radical (unpaired) electrons. The second-order valence-corrected chi connectivity index (χ2v) is 7.77. The first-order valence-corrected chi connectivity index (χ1v) is 10.9. The molecule has 0 unspecified atom stereocenters. The molecule has 0 aliphatic rings. The van der Waals surface area contributed by atoms with E-state index in [0.29, 0.717) is 0 Å². The smallest absolute Gasteiger partial charge is 0.327 e. The molecule has 10 nitrogen and oxygen atoms in total. The highest BCUT2D eigenvalue weighted by Crippen LogP contribution is 2.44. The fourth-order valence-corrected chi connectivity index (χ4v) is 3.55. The minimum atomic E-state index is -0.663. The summed E-state index contributed by atoms with van der Waals surface area (Å²) in [5, 5.41) is 8.08. The molecule has 0 atom stereocenters. The van der Waals surface area contributed by atoms with Crippen molar-refractivity contribution in [2.75, 3.05) is 42.1 Å². The summed E-state index contributed by atoms with van der Waals surface area (Å²) < 4.78 is 24.7. The second kappa shape index (κ2) is 11.6. The van der Waals surface area contributed by atoms with Gasteiger partial charge in [0.2, 0.25) is 5.91 Å². The van der Waals surface area contributed by atoms with Gasteiger partial charge in [-0.3, -0.25) is 9.69 Å². The lowest BCUT2D eigenvalue weighted by atomic mass is 10.2. The Balaban J connectivity index is 1.86. The Labute approximate surface area is 216 Å². The number of hydrogen-bond acceptors (Lipinski definition) is 7. The number of ether oxygens (including phenoxy) is 2. The van der Waals surface area contributed by atoms with Gasteiger partial charge in [0.25, 0.3) is 0 Å². The summed E-state index contributed by atoms with van der Waals surface area (Å²) in [5.41, 5.74) is 0.218. The van der Waals surface area contributed by atoms with Crippen molar-refractivity contribution >= 4 is 63.8 Å². The van der Waals surface area contributed by atoms with Gasteiger partial charge in [-0.25, -0.2) is 19.2 Å². The van der Waals surface area contributed by atoms with Crippen molar-refractivity contribution in [1.82, 2.24) is 9.97 Å². The molecule has 13 heteroatoms. The predicted molar refractivity (Wildman–Crippen MR) is 138 cm³/mol. The zero-order chi connectivity index (χ0) is 26.4. The van der Waals surface area contributed by atoms with E-state index in [1.54, 1.807) is 6.07 Å². The Bertz CT molecular complexity index is 1300. The fourth-order valence-electron chi connectivity index (χ4n) is 2.96. The second-order valence-electron chi connectivity index (χ2n) is 7.02. The number of para-hydroxylation sites is 1. The third-order valence-corrected chi connectivity index (χ3v) is 5.57. The topological polar surface area (TPSA) is 118 Å². The predicted octanol–water partition coefficient (Wildman–Crippen LogP) is 5.48. The molecule has 0 fully saturated rings. The standard InChI is InChI=1S/C23H21Cl2FN6O4/c1-5-18(33)30-21-12(26)7-6-8-13(21)29-16-10-17(28-11-27-16)32(2)23(34)31-22-19(24)14(35-3)9-15(36-4)20(22)25/h5-11H,1H2,2-4H3,(H,30,33)(H,31,34)(H,27,28,29). The zero-order valence-corrected chi connectivity index (χ0v) is 20.9. The third-order valence-electron chi connectivity index (χ3n) is 4.82. The third kappa shape index (κ3) is 5.75. The van der Waals surface area contributed by atoms with Crippen LogP contribution in [-0.4, -0.2) is 43.2 Å². The number of hydrogen-bond donors (Lipinski definition) is 3. The van der Waals surface area contributed by atoms with Crippen molar-refractivity contribution < 1.29 is 23.5 Å². The van der Waals surface area contributed by atoms with Crippen LogP contribution in [0.5, 0.6) is 11.5 Å². The molecule has 0 aliphatic heterocycles. The first-order chi connectivity index (χ1) is 17.2. The molecule has 0 bridgehead atoms. The van der Waals surface area contributed by atoms with Gasteiger partial charge in [-0.15, -0.1) is 0 Å². The highest BCUT2D eigenvalue weighted by molar-refractivity contribution is 6.41. The van der Waals surface area contributed by atoms with Crippen molar-refractivity contribution in [2.24, 2.45) is 0 Å². The lowest BCUT2D eigenvalue weighted by Crippen LogP contribution is -2.32. The number of carbonyl (C=O) groups is 2. The van der Waals surface area contributed by atoms with Crippen LogP contribution in [0.4, 0.5) is 37.9 Å². The van der Waals surface area contributed by atoms with Gasteiger partial charge in [-0.1, -0.05) is 35.8 Å². The molecule has 0 spiro atoms. The van der Waals surface area contributed by atoms with Crippen LogP contribution in [0.2, 0.25) is 10.0 Å². The van der Waals surface area contributed by atoms with Gasteiger partial charge in [-0.2, -0.15) is 0 Å². The van der Waals surface area contributed by atoms with Gasteiger partial charge in [-0.05, 0) is 18.2 Å². The van der Waals surface area contributed by atoms with Gasteiger partial charge in [0.1, 0.15) is 51.0 Å². The average molecular weight is 535 g/mol. The molecular formula is C23H21Cl2FN6O4. The SMILES string of the molecule is C=CC(=O)Nc1c(F)cccc1Nc1cc(N(C)C(=O)Nc2c(Cl)c(OC)cc(OC)c2Cl)ncn1. The Morgan fingerprint density at radius 2 is 1.72 bits per heavy atom. The van der Waals surface area contributed by atoms with Crippen LogP contribution in [0.1, 0.15) is 0 Å². The molecule has 3 N–H and O–H groups in total. The normalized spacial score (nSPS) is 10.3. The molecule has 1 aromatic heterocycles. The summed E-state index contributed by atoms with van der Waals surface area (Å²) in [6.07, 6.45) is 2.22. The number of aromatic nitrogens is 2. The number of nitrogens with one attached hydrogen (secondary N) is 3. The molecule has 1 heterocycles. The fraction of sp³-hybridized carbons (Fsp3) is 0.130. The number of halogens is 3. The Hall–Kier alpha value is -4.09. The number of amides is 3. The average Bonchev–Trinajstić information content (AvgIpc) is 2.88. The van der Waals surface area contributed by atoms with Crippen LogP contribution in [0.25, 0.3) is 0 Å². The maximum atomic E-state index is 14.3. The van der Waals surface area contributed by atoms with Gasteiger partial charge in [0, 0.05) is 19.2 Å². The van der Waals surface area contributed by atoms with Crippen LogP contribution in [0.3, 0.4) is 0 Å². The number of urea groups is 1. The van der Waals surface area contributed by atoms with Crippen molar-refractivity contribution in [3.05, 3.63) is 65.2 Å². The summed E-state index contributed by atoms with van der Waals surface area (Å²) in [6, 6.07) is 6.49. The van der Waals surface area contributed by atoms with E-state index in [2.05, 4.69) is 32.5 Å². The lowest BCUT2D eigenvalue weighted by Gasteiger charge is -2.20. The van der Waals surface area contributed by atoms with Crippen molar-refractivity contribution in [2.45, 2.75) is 0 Å². The molecular weight excluding hydrogens is 514 g/mol.